The van der Waals surface area contributed by atoms with Gasteiger partial charge >= 0.3 is 0 Å². The van der Waals surface area contributed by atoms with Gasteiger partial charge in [0.05, 0.1) is 11.2 Å². The first-order chi connectivity index (χ1) is 6.40. The molecule has 0 radical (unpaired) electrons. The van der Waals surface area contributed by atoms with Crippen molar-refractivity contribution in [2.45, 2.75) is 31.7 Å². The Morgan fingerprint density at radius 3 is 2.71 bits per heavy atom. The third-order valence-electron chi connectivity index (χ3n) is 1.44. The molecule has 0 saturated carbocycles. The van der Waals surface area contributed by atoms with E-state index in [0.717, 1.165) is 0 Å². The van der Waals surface area contributed by atoms with Crippen LogP contribution in [-0.2, 0) is 4.79 Å². The first kappa shape index (κ1) is 11.5. The van der Waals surface area contributed by atoms with Crippen molar-refractivity contribution in [2.24, 2.45) is 0 Å². The third kappa shape index (κ3) is 3.27. The van der Waals surface area contributed by atoms with Gasteiger partial charge in [0, 0.05) is 10.9 Å². The Kier molecular flexibility index (Phi) is 3.50. The first-order valence-electron chi connectivity index (χ1n) is 4.24. The molecule has 0 fully saturated rings. The predicted octanol–water partition coefficient (Wildman–Crippen LogP) is 2.34. The lowest BCUT2D eigenvalue weighted by molar-refractivity contribution is -0.122. The fraction of sp³-hybridized carbons (Fsp3) is 0.556. The van der Waals surface area contributed by atoms with Crippen LogP contribution in [0.25, 0.3) is 0 Å². The van der Waals surface area contributed by atoms with E-state index < -0.39 is 5.38 Å². The van der Waals surface area contributed by atoms with Crippen molar-refractivity contribution in [2.75, 3.05) is 0 Å². The average Bonchev–Trinajstić information content (AvgIpc) is 2.51. The molecule has 78 valence electrons. The number of carbonyl (C=O) groups excluding carboxylic acids is 1. The minimum absolute atomic E-state index is 0.204. The molecule has 1 unspecified atom stereocenters. The van der Waals surface area contributed by atoms with Gasteiger partial charge in [-0.15, -0.1) is 22.9 Å². The molecule has 0 aromatic carbocycles. The zero-order chi connectivity index (χ0) is 10.8. The highest BCUT2D eigenvalue weighted by Crippen LogP contribution is 2.20. The molecular formula is C9H13ClN2OS. The largest absolute Gasteiger partial charge is 0.350 e. The zero-order valence-electron chi connectivity index (χ0n) is 8.37. The zero-order valence-corrected chi connectivity index (χ0v) is 9.95. The second kappa shape index (κ2) is 4.28. The minimum Gasteiger partial charge on any atom is -0.350 e. The molecule has 1 N–H and O–H groups in total. The van der Waals surface area contributed by atoms with Crippen molar-refractivity contribution < 1.29 is 4.79 Å². The number of aromatic nitrogens is 1. The summed E-state index contributed by atoms with van der Waals surface area (Å²) in [5.41, 5.74) is 2.01. The van der Waals surface area contributed by atoms with Crippen LogP contribution in [0.5, 0.6) is 0 Å². The summed E-state index contributed by atoms with van der Waals surface area (Å²) in [4.78, 5) is 15.6. The highest BCUT2D eigenvalue weighted by atomic mass is 35.5. The molecule has 1 amide bonds. The molecule has 0 aliphatic rings. The van der Waals surface area contributed by atoms with Gasteiger partial charge in [-0.05, 0) is 20.8 Å². The van der Waals surface area contributed by atoms with E-state index in [4.69, 9.17) is 11.6 Å². The lowest BCUT2D eigenvalue weighted by atomic mass is 10.1. The SMILES string of the molecule is CC(C)(C)NC(=O)C(Cl)c1cscn1. The van der Waals surface area contributed by atoms with Crippen LogP contribution in [0.1, 0.15) is 31.8 Å². The second-order valence-corrected chi connectivity index (χ2v) is 5.17. The first-order valence-corrected chi connectivity index (χ1v) is 5.62. The van der Waals surface area contributed by atoms with Crippen molar-refractivity contribution in [3.8, 4) is 0 Å². The summed E-state index contributed by atoms with van der Waals surface area (Å²) in [5.74, 6) is -0.204. The quantitative estimate of drug-likeness (QED) is 0.796. The smallest absolute Gasteiger partial charge is 0.244 e. The van der Waals surface area contributed by atoms with Crippen LogP contribution in [0.3, 0.4) is 0 Å². The fourth-order valence-corrected chi connectivity index (χ4v) is 1.74. The van der Waals surface area contributed by atoms with Crippen molar-refractivity contribution in [3.63, 3.8) is 0 Å². The van der Waals surface area contributed by atoms with Crippen LogP contribution in [0, 0.1) is 0 Å². The van der Waals surface area contributed by atoms with E-state index in [1.54, 1.807) is 10.9 Å². The lowest BCUT2D eigenvalue weighted by Gasteiger charge is -2.21. The molecule has 0 bridgehead atoms. The van der Waals surface area contributed by atoms with Gasteiger partial charge in [-0.1, -0.05) is 0 Å². The summed E-state index contributed by atoms with van der Waals surface area (Å²) >= 11 is 7.36. The molecular weight excluding hydrogens is 220 g/mol. The number of hydrogen-bond acceptors (Lipinski definition) is 3. The molecule has 0 spiro atoms. The van der Waals surface area contributed by atoms with Gasteiger partial charge in [0.2, 0.25) is 5.91 Å². The van der Waals surface area contributed by atoms with Gasteiger partial charge in [0.25, 0.3) is 0 Å². The molecule has 1 heterocycles. The highest BCUT2D eigenvalue weighted by molar-refractivity contribution is 7.07. The lowest BCUT2D eigenvalue weighted by Crippen LogP contribution is -2.42. The Labute approximate surface area is 92.5 Å². The summed E-state index contributed by atoms with van der Waals surface area (Å²) in [5, 5.41) is 3.88. The third-order valence-corrected chi connectivity index (χ3v) is 2.47. The van der Waals surface area contributed by atoms with Crippen molar-refractivity contribution in [1.29, 1.82) is 0 Å². The molecule has 1 aromatic heterocycles. The Morgan fingerprint density at radius 1 is 1.64 bits per heavy atom. The number of nitrogens with one attached hydrogen (secondary N) is 1. The van der Waals surface area contributed by atoms with E-state index in [1.807, 2.05) is 20.8 Å². The summed E-state index contributed by atoms with van der Waals surface area (Å²) in [6.07, 6.45) is 0. The van der Waals surface area contributed by atoms with Gasteiger partial charge in [-0.25, -0.2) is 4.98 Å². The number of halogens is 1. The van der Waals surface area contributed by atoms with Crippen LogP contribution < -0.4 is 5.32 Å². The Bertz CT molecular complexity index is 305. The number of thiazole rings is 1. The normalized spacial score (nSPS) is 13.7. The van der Waals surface area contributed by atoms with Crippen LogP contribution in [0.4, 0.5) is 0 Å². The molecule has 1 atom stereocenters. The molecule has 5 heteroatoms. The van der Waals surface area contributed by atoms with Crippen LogP contribution >= 0.6 is 22.9 Å². The summed E-state index contributed by atoms with van der Waals surface area (Å²) in [6, 6.07) is 0. The molecule has 0 aliphatic carbocycles. The minimum atomic E-state index is -0.694. The van der Waals surface area contributed by atoms with Crippen LogP contribution in [-0.4, -0.2) is 16.4 Å². The van der Waals surface area contributed by atoms with E-state index in [-0.39, 0.29) is 11.4 Å². The predicted molar refractivity (Wildman–Crippen MR) is 58.6 cm³/mol. The highest BCUT2D eigenvalue weighted by Gasteiger charge is 2.23. The number of nitrogens with zero attached hydrogens (tertiary/aromatic N) is 1. The van der Waals surface area contributed by atoms with Crippen molar-refractivity contribution >= 4 is 28.8 Å². The van der Waals surface area contributed by atoms with Gasteiger partial charge in [-0.3, -0.25) is 4.79 Å². The Morgan fingerprint density at radius 2 is 2.29 bits per heavy atom. The monoisotopic (exact) mass is 232 g/mol. The van der Waals surface area contributed by atoms with Gasteiger partial charge in [0.15, 0.2) is 5.38 Å². The van der Waals surface area contributed by atoms with Gasteiger partial charge in [0.1, 0.15) is 0 Å². The molecule has 14 heavy (non-hydrogen) atoms. The number of rotatable bonds is 2. The van der Waals surface area contributed by atoms with Gasteiger partial charge in [-0.2, -0.15) is 0 Å². The average molecular weight is 233 g/mol. The molecule has 0 saturated heterocycles. The molecule has 3 nitrogen and oxygen atoms in total. The Balaban J connectivity index is 2.63. The van der Waals surface area contributed by atoms with Gasteiger partial charge < -0.3 is 5.32 Å². The van der Waals surface area contributed by atoms with Crippen LogP contribution in [0.2, 0.25) is 0 Å². The summed E-state index contributed by atoms with van der Waals surface area (Å²) in [7, 11) is 0. The standard InChI is InChI=1S/C9H13ClN2OS/c1-9(2,3)12-8(13)7(10)6-4-14-5-11-6/h4-5,7H,1-3H3,(H,12,13). The van der Waals surface area contributed by atoms with Crippen molar-refractivity contribution in [3.05, 3.63) is 16.6 Å². The van der Waals surface area contributed by atoms with E-state index in [9.17, 15) is 4.79 Å². The Hall–Kier alpha value is -0.610. The second-order valence-electron chi connectivity index (χ2n) is 4.02. The van der Waals surface area contributed by atoms with E-state index in [0.29, 0.717) is 5.69 Å². The maximum Gasteiger partial charge on any atom is 0.244 e. The number of carbonyl (C=O) groups is 1. The van der Waals surface area contributed by atoms with E-state index >= 15 is 0 Å². The molecule has 1 aromatic rings. The fourth-order valence-electron chi connectivity index (χ4n) is 0.914. The summed E-state index contributed by atoms with van der Waals surface area (Å²) < 4.78 is 0. The summed E-state index contributed by atoms with van der Waals surface area (Å²) in [6.45, 7) is 5.74. The van der Waals surface area contributed by atoms with Crippen LogP contribution in [0.15, 0.2) is 10.9 Å². The van der Waals surface area contributed by atoms with E-state index in [1.165, 1.54) is 11.3 Å². The van der Waals surface area contributed by atoms with E-state index in [2.05, 4.69) is 10.3 Å². The van der Waals surface area contributed by atoms with Crippen molar-refractivity contribution in [1.82, 2.24) is 10.3 Å². The number of hydrogen-bond donors (Lipinski definition) is 1. The molecule has 1 rings (SSSR count). The maximum absolute atomic E-state index is 11.6. The topological polar surface area (TPSA) is 42.0 Å². The molecule has 0 aliphatic heterocycles. The maximum atomic E-state index is 11.6. The number of amides is 1. The number of alkyl halides is 1.